The van der Waals surface area contributed by atoms with E-state index < -0.39 is 17.0 Å². The maximum Gasteiger partial charge on any atom is 0.338 e. The van der Waals surface area contributed by atoms with E-state index in [4.69, 9.17) is 16.3 Å². The van der Waals surface area contributed by atoms with Gasteiger partial charge in [0.05, 0.1) is 10.5 Å². The van der Waals surface area contributed by atoms with Gasteiger partial charge in [-0.1, -0.05) is 29.8 Å². The summed E-state index contributed by atoms with van der Waals surface area (Å²) in [6.07, 6.45) is 1.46. The standard InChI is InChI=1S/C19H19ClN2O4/c1-13(15-6-2-3-7-16(15)20)26-19(23)14-8-9-17(18(12-14)22(24)25)21-10-4-5-11-21/h2-3,6-9,12-13H,4-5,10-11H2,1H3/t13-/m1/s1. The molecule has 0 N–H and O–H groups in total. The minimum Gasteiger partial charge on any atom is -0.454 e. The van der Waals surface area contributed by atoms with E-state index in [9.17, 15) is 14.9 Å². The van der Waals surface area contributed by atoms with Gasteiger partial charge in [-0.3, -0.25) is 10.1 Å². The van der Waals surface area contributed by atoms with Crippen LogP contribution in [0.4, 0.5) is 11.4 Å². The molecule has 1 aliphatic heterocycles. The molecule has 26 heavy (non-hydrogen) atoms. The summed E-state index contributed by atoms with van der Waals surface area (Å²) in [6.45, 7) is 3.29. The highest BCUT2D eigenvalue weighted by Gasteiger charge is 2.25. The topological polar surface area (TPSA) is 72.7 Å². The summed E-state index contributed by atoms with van der Waals surface area (Å²) >= 11 is 6.12. The molecule has 1 aliphatic rings. The van der Waals surface area contributed by atoms with Crippen LogP contribution < -0.4 is 4.90 Å². The fraction of sp³-hybridized carbons (Fsp3) is 0.316. The van der Waals surface area contributed by atoms with Gasteiger partial charge in [0, 0.05) is 29.7 Å². The molecule has 6 nitrogen and oxygen atoms in total. The van der Waals surface area contributed by atoms with E-state index in [-0.39, 0.29) is 11.3 Å². The molecule has 0 unspecified atom stereocenters. The molecule has 0 aliphatic carbocycles. The lowest BCUT2D eigenvalue weighted by molar-refractivity contribution is -0.384. The Morgan fingerprint density at radius 1 is 1.23 bits per heavy atom. The van der Waals surface area contributed by atoms with Crippen molar-refractivity contribution in [3.63, 3.8) is 0 Å². The third-order valence-corrected chi connectivity index (χ3v) is 4.83. The van der Waals surface area contributed by atoms with Crippen LogP contribution in [0.5, 0.6) is 0 Å². The maximum absolute atomic E-state index is 12.4. The van der Waals surface area contributed by atoms with Crippen molar-refractivity contribution in [3.8, 4) is 0 Å². The Bertz CT molecular complexity index is 834. The zero-order valence-electron chi connectivity index (χ0n) is 14.4. The second kappa shape index (κ2) is 7.74. The minimum absolute atomic E-state index is 0.0771. The van der Waals surface area contributed by atoms with Crippen molar-refractivity contribution in [1.82, 2.24) is 0 Å². The Morgan fingerprint density at radius 2 is 1.92 bits per heavy atom. The number of nitro groups is 1. The third kappa shape index (κ3) is 3.80. The Labute approximate surface area is 156 Å². The van der Waals surface area contributed by atoms with Crippen LogP contribution in [0.1, 0.15) is 41.8 Å². The van der Waals surface area contributed by atoms with Gasteiger partial charge in [-0.05, 0) is 38.0 Å². The average Bonchev–Trinajstić information content (AvgIpc) is 3.15. The van der Waals surface area contributed by atoms with Crippen molar-refractivity contribution in [2.24, 2.45) is 0 Å². The number of benzene rings is 2. The number of halogens is 1. The molecule has 2 aromatic carbocycles. The number of nitrogens with zero attached hydrogens (tertiary/aromatic N) is 2. The number of ether oxygens (including phenoxy) is 1. The molecular formula is C19H19ClN2O4. The number of hydrogen-bond donors (Lipinski definition) is 0. The van der Waals surface area contributed by atoms with Crippen molar-refractivity contribution in [3.05, 3.63) is 68.7 Å². The molecular weight excluding hydrogens is 356 g/mol. The number of carbonyl (C=O) groups is 1. The van der Waals surface area contributed by atoms with Crippen LogP contribution in [0.15, 0.2) is 42.5 Å². The Hall–Kier alpha value is -2.60. The second-order valence-corrected chi connectivity index (χ2v) is 6.63. The SMILES string of the molecule is C[C@@H](OC(=O)c1ccc(N2CCCC2)c([N+](=O)[O-])c1)c1ccccc1Cl. The van der Waals surface area contributed by atoms with Gasteiger partial charge in [-0.15, -0.1) is 0 Å². The van der Waals surface area contributed by atoms with Crippen molar-refractivity contribution < 1.29 is 14.5 Å². The highest BCUT2D eigenvalue weighted by molar-refractivity contribution is 6.31. The summed E-state index contributed by atoms with van der Waals surface area (Å²) in [4.78, 5) is 25.4. The van der Waals surface area contributed by atoms with Gasteiger partial charge < -0.3 is 9.64 Å². The fourth-order valence-electron chi connectivity index (χ4n) is 3.12. The second-order valence-electron chi connectivity index (χ2n) is 6.22. The molecule has 0 saturated carbocycles. The normalized spacial score (nSPS) is 14.9. The van der Waals surface area contributed by atoms with Crippen molar-refractivity contribution in [2.75, 3.05) is 18.0 Å². The van der Waals surface area contributed by atoms with E-state index in [0.29, 0.717) is 16.3 Å². The molecule has 1 heterocycles. The van der Waals surface area contributed by atoms with Crippen molar-refractivity contribution in [2.45, 2.75) is 25.9 Å². The summed E-state index contributed by atoms with van der Waals surface area (Å²) in [7, 11) is 0. The highest BCUT2D eigenvalue weighted by atomic mass is 35.5. The van der Waals surface area contributed by atoms with Gasteiger partial charge in [0.1, 0.15) is 11.8 Å². The predicted octanol–water partition coefficient (Wildman–Crippen LogP) is 4.77. The molecule has 7 heteroatoms. The summed E-state index contributed by atoms with van der Waals surface area (Å²) in [6, 6.07) is 11.6. The molecule has 0 aromatic heterocycles. The lowest BCUT2D eigenvalue weighted by atomic mass is 10.1. The van der Waals surface area contributed by atoms with Crippen LogP contribution >= 0.6 is 11.6 Å². The van der Waals surface area contributed by atoms with Crippen LogP contribution in [0, 0.1) is 10.1 Å². The Kier molecular flexibility index (Phi) is 5.42. The Balaban J connectivity index is 1.82. The first-order chi connectivity index (χ1) is 12.5. The first-order valence-electron chi connectivity index (χ1n) is 8.46. The molecule has 0 spiro atoms. The summed E-state index contributed by atoms with van der Waals surface area (Å²) in [5.74, 6) is -0.617. The monoisotopic (exact) mass is 374 g/mol. The number of rotatable bonds is 5. The van der Waals surface area contributed by atoms with E-state index in [1.54, 1.807) is 43.3 Å². The van der Waals surface area contributed by atoms with Crippen LogP contribution in [-0.2, 0) is 4.74 Å². The van der Waals surface area contributed by atoms with Gasteiger partial charge in [0.2, 0.25) is 0 Å². The Morgan fingerprint density at radius 3 is 2.58 bits per heavy atom. The van der Waals surface area contributed by atoms with Gasteiger partial charge in [0.25, 0.3) is 5.69 Å². The number of carbonyl (C=O) groups excluding carboxylic acids is 1. The lowest BCUT2D eigenvalue weighted by Crippen LogP contribution is -2.19. The zero-order chi connectivity index (χ0) is 18.7. The van der Waals surface area contributed by atoms with Crippen molar-refractivity contribution in [1.29, 1.82) is 0 Å². The van der Waals surface area contributed by atoms with Gasteiger partial charge in [-0.25, -0.2) is 4.79 Å². The molecule has 0 radical (unpaired) electrons. The molecule has 0 amide bonds. The fourth-order valence-corrected chi connectivity index (χ4v) is 3.41. The van der Waals surface area contributed by atoms with Gasteiger partial charge >= 0.3 is 5.97 Å². The number of esters is 1. The quantitative estimate of drug-likeness (QED) is 0.428. The molecule has 136 valence electrons. The molecule has 1 fully saturated rings. The highest BCUT2D eigenvalue weighted by Crippen LogP contribution is 2.32. The first kappa shape index (κ1) is 18.2. The first-order valence-corrected chi connectivity index (χ1v) is 8.84. The molecule has 2 aromatic rings. The minimum atomic E-state index is -0.617. The summed E-state index contributed by atoms with van der Waals surface area (Å²) < 4.78 is 5.44. The molecule has 1 saturated heterocycles. The van der Waals surface area contributed by atoms with E-state index >= 15 is 0 Å². The van der Waals surface area contributed by atoms with Gasteiger partial charge in [-0.2, -0.15) is 0 Å². The van der Waals surface area contributed by atoms with E-state index in [2.05, 4.69) is 0 Å². The average molecular weight is 375 g/mol. The van der Waals surface area contributed by atoms with Crippen LogP contribution in [-0.4, -0.2) is 24.0 Å². The van der Waals surface area contributed by atoms with Gasteiger partial charge in [0.15, 0.2) is 0 Å². The summed E-state index contributed by atoms with van der Waals surface area (Å²) in [5, 5.41) is 12.0. The number of nitro benzene ring substituents is 1. The van der Waals surface area contributed by atoms with E-state index in [1.807, 2.05) is 4.90 Å². The maximum atomic E-state index is 12.4. The zero-order valence-corrected chi connectivity index (χ0v) is 15.1. The number of hydrogen-bond acceptors (Lipinski definition) is 5. The lowest BCUT2D eigenvalue weighted by Gasteiger charge is -2.18. The van der Waals surface area contributed by atoms with Crippen LogP contribution in [0.25, 0.3) is 0 Å². The van der Waals surface area contributed by atoms with Crippen molar-refractivity contribution >= 4 is 28.9 Å². The third-order valence-electron chi connectivity index (χ3n) is 4.48. The smallest absolute Gasteiger partial charge is 0.338 e. The summed E-state index contributed by atoms with van der Waals surface area (Å²) in [5.41, 5.74) is 1.30. The molecule has 3 rings (SSSR count). The largest absolute Gasteiger partial charge is 0.454 e. The molecule has 0 bridgehead atoms. The molecule has 1 atom stereocenters. The van der Waals surface area contributed by atoms with E-state index in [0.717, 1.165) is 25.9 Å². The predicted molar refractivity (Wildman–Crippen MR) is 99.8 cm³/mol. The van der Waals surface area contributed by atoms with Crippen LogP contribution in [0.2, 0.25) is 5.02 Å². The van der Waals surface area contributed by atoms with E-state index in [1.165, 1.54) is 6.07 Å². The van der Waals surface area contributed by atoms with Crippen LogP contribution in [0.3, 0.4) is 0 Å². The number of anilines is 1.